The Morgan fingerprint density at radius 2 is 1.55 bits per heavy atom. The van der Waals surface area contributed by atoms with Crippen LogP contribution in [0.4, 0.5) is 0 Å². The lowest BCUT2D eigenvalue weighted by Gasteiger charge is -2.12. The largest absolute Gasteiger partial charge is 0.338 e. The minimum absolute atomic E-state index is 0.354. The summed E-state index contributed by atoms with van der Waals surface area (Å²) in [4.78, 5) is 18.4. The predicted octanol–water partition coefficient (Wildman–Crippen LogP) is 2.33. The van der Waals surface area contributed by atoms with Gasteiger partial charge in [0.1, 0.15) is 0 Å². The van der Waals surface area contributed by atoms with Gasteiger partial charge in [0.15, 0.2) is 0 Å². The summed E-state index contributed by atoms with van der Waals surface area (Å²) in [5.74, 6) is -1.37. The van der Waals surface area contributed by atoms with E-state index in [1.807, 2.05) is 13.8 Å². The maximum absolute atomic E-state index is 9.18. The van der Waals surface area contributed by atoms with Crippen LogP contribution in [0.2, 0.25) is 0 Å². The normalized spacial score (nSPS) is 12.5. The molecule has 0 saturated carbocycles. The molecule has 2 N–H and O–H groups in total. The van der Waals surface area contributed by atoms with Crippen LogP contribution < -0.4 is 0 Å². The van der Waals surface area contributed by atoms with Crippen molar-refractivity contribution in [1.82, 2.24) is 0 Å². The van der Waals surface area contributed by atoms with Crippen molar-refractivity contribution in [2.24, 2.45) is 0 Å². The van der Waals surface area contributed by atoms with E-state index in [4.69, 9.17) is 11.2 Å². The monoisotopic (exact) mass is 218 g/mol. The highest BCUT2D eigenvalue weighted by atomic mass is 35.7. The second-order valence-corrected chi connectivity index (χ2v) is 10.1. The van der Waals surface area contributed by atoms with Crippen LogP contribution in [0.3, 0.4) is 0 Å². The zero-order valence-electron chi connectivity index (χ0n) is 6.96. The molecule has 0 unspecified atom stereocenters. The van der Waals surface area contributed by atoms with Gasteiger partial charge in [-0.3, -0.25) is 0 Å². The molecule has 0 amide bonds. The Kier molecular flexibility index (Phi) is 6.11. The minimum atomic E-state index is -3.06. The van der Waals surface area contributed by atoms with E-state index in [1.165, 1.54) is 0 Å². The van der Waals surface area contributed by atoms with Gasteiger partial charge < -0.3 is 9.79 Å². The molecule has 0 spiro atoms. The van der Waals surface area contributed by atoms with Crippen LogP contribution >= 0.6 is 17.1 Å². The summed E-state index contributed by atoms with van der Waals surface area (Å²) in [5.41, 5.74) is 0. The summed E-state index contributed by atoms with van der Waals surface area (Å²) in [6.07, 6.45) is 1.94. The van der Waals surface area contributed by atoms with Gasteiger partial charge in [-0.15, -0.1) is 10.1 Å². The Labute approximate surface area is 75.5 Å². The highest BCUT2D eigenvalue weighted by Gasteiger charge is 2.10. The molecule has 5 heteroatoms. The lowest BCUT2D eigenvalue weighted by molar-refractivity contribution is 0.499. The molecule has 0 aromatic rings. The van der Waals surface area contributed by atoms with Gasteiger partial charge in [0.2, 0.25) is 5.84 Å². The van der Waals surface area contributed by atoms with Crippen LogP contribution in [0, 0.1) is 0 Å². The molecular formula is C6H16ClO2PS. The number of hydrogen-bond acceptors (Lipinski definition) is 0. The van der Waals surface area contributed by atoms with Crippen molar-refractivity contribution in [2.75, 3.05) is 11.5 Å². The predicted molar refractivity (Wildman–Crippen MR) is 54.9 cm³/mol. The average Bonchev–Trinajstić information content (AvgIpc) is 1.85. The number of hydrogen-bond donors (Lipinski definition) is 2. The lowest BCUT2D eigenvalue weighted by atomic mass is 10.6. The number of halogens is 1. The van der Waals surface area contributed by atoms with Gasteiger partial charge in [0, 0.05) is 0 Å². The summed E-state index contributed by atoms with van der Waals surface area (Å²) in [5, 5.41) is 0. The zero-order valence-corrected chi connectivity index (χ0v) is 9.42. The van der Waals surface area contributed by atoms with E-state index in [2.05, 4.69) is 0 Å². The van der Waals surface area contributed by atoms with Gasteiger partial charge in [-0.25, -0.2) is 0 Å². The first kappa shape index (κ1) is 12.0. The van der Waals surface area contributed by atoms with Crippen molar-refractivity contribution >= 4 is 27.2 Å². The van der Waals surface area contributed by atoms with Crippen molar-refractivity contribution in [3.8, 4) is 0 Å². The van der Waals surface area contributed by atoms with Crippen LogP contribution in [-0.4, -0.2) is 21.3 Å². The maximum atomic E-state index is 9.18. The highest BCUT2D eigenvalue weighted by Crippen LogP contribution is 2.47. The fourth-order valence-electron chi connectivity index (χ4n) is 0.806. The van der Waals surface area contributed by atoms with Crippen molar-refractivity contribution in [1.29, 1.82) is 0 Å². The molecule has 0 aliphatic rings. The third-order valence-electron chi connectivity index (χ3n) is 1.21. The van der Waals surface area contributed by atoms with Crippen molar-refractivity contribution in [2.45, 2.75) is 26.7 Å². The molecule has 0 bridgehead atoms. The molecule has 0 atom stereocenters. The summed E-state index contributed by atoms with van der Waals surface area (Å²) < 4.78 is 0. The Hall–Kier alpha value is 0.990. The Balaban J connectivity index is 4.32. The molecule has 2 nitrogen and oxygen atoms in total. The van der Waals surface area contributed by atoms with Gasteiger partial charge in [-0.1, -0.05) is 13.8 Å². The quantitative estimate of drug-likeness (QED) is 0.711. The fraction of sp³-hybridized carbons (Fsp3) is 1.00. The van der Waals surface area contributed by atoms with E-state index >= 15 is 0 Å². The van der Waals surface area contributed by atoms with Gasteiger partial charge in [0.05, 0.1) is 0 Å². The molecule has 0 radical (unpaired) electrons. The molecule has 0 aliphatic carbocycles. The molecule has 0 rings (SSSR count). The van der Waals surface area contributed by atoms with Crippen LogP contribution in [0.1, 0.15) is 26.7 Å². The molecule has 0 heterocycles. The van der Waals surface area contributed by atoms with Gasteiger partial charge in [-0.05, 0) is 35.6 Å². The molecular weight excluding hydrogens is 203 g/mol. The zero-order chi connectivity index (χ0) is 8.91. The van der Waals surface area contributed by atoms with Crippen molar-refractivity contribution in [3.63, 3.8) is 0 Å². The highest BCUT2D eigenvalue weighted by molar-refractivity contribution is 8.37. The number of rotatable bonds is 4. The van der Waals surface area contributed by atoms with Crippen LogP contribution in [0.15, 0.2) is 0 Å². The molecule has 11 heavy (non-hydrogen) atoms. The summed E-state index contributed by atoms with van der Waals surface area (Å²) in [6, 6.07) is 0. The maximum Gasteiger partial charge on any atom is 0.235 e. The van der Waals surface area contributed by atoms with E-state index in [0.717, 1.165) is 24.3 Å². The standard InChI is InChI=1S/C6H16ClO2PS/c1-3-5-11(6-4-2)10(7,8)9/h8-9H,3-6H2,1-2H3. The van der Waals surface area contributed by atoms with Gasteiger partial charge >= 0.3 is 0 Å². The SMILES string of the molecule is CCCS(CCC)=P(O)(O)Cl. The van der Waals surface area contributed by atoms with Crippen molar-refractivity contribution < 1.29 is 9.79 Å². The Morgan fingerprint density at radius 3 is 1.73 bits per heavy atom. The molecule has 0 saturated heterocycles. The van der Waals surface area contributed by atoms with Crippen LogP contribution in [0.5, 0.6) is 0 Å². The fourth-order valence-corrected chi connectivity index (χ4v) is 6.15. The summed E-state index contributed by atoms with van der Waals surface area (Å²) in [7, 11) is -0.354. The van der Waals surface area contributed by atoms with E-state index < -0.39 is 5.84 Å². The van der Waals surface area contributed by atoms with E-state index in [0.29, 0.717) is 0 Å². The summed E-state index contributed by atoms with van der Waals surface area (Å²) in [6.45, 7) is 4.06. The van der Waals surface area contributed by atoms with E-state index in [9.17, 15) is 9.79 Å². The second kappa shape index (κ2) is 5.60. The molecule has 0 aromatic heterocycles. The molecule has 70 valence electrons. The van der Waals surface area contributed by atoms with Crippen LogP contribution in [0.25, 0.3) is 0 Å². The second-order valence-electron chi connectivity index (χ2n) is 2.34. The molecule has 0 aliphatic heterocycles. The van der Waals surface area contributed by atoms with E-state index in [1.54, 1.807) is 0 Å². The third kappa shape index (κ3) is 5.26. The minimum Gasteiger partial charge on any atom is -0.338 e. The smallest absolute Gasteiger partial charge is 0.235 e. The van der Waals surface area contributed by atoms with Crippen molar-refractivity contribution in [3.05, 3.63) is 0 Å². The first-order valence-corrected chi connectivity index (χ1v) is 8.51. The Bertz CT molecular complexity index is 150. The molecule has 0 aromatic carbocycles. The van der Waals surface area contributed by atoms with Gasteiger partial charge in [0.25, 0.3) is 0 Å². The van der Waals surface area contributed by atoms with Gasteiger partial charge in [-0.2, -0.15) is 0 Å². The lowest BCUT2D eigenvalue weighted by Crippen LogP contribution is -2.01. The molecule has 0 fully saturated rings. The Morgan fingerprint density at radius 1 is 1.18 bits per heavy atom. The topological polar surface area (TPSA) is 40.5 Å². The first-order chi connectivity index (χ1) is 5.02. The average molecular weight is 219 g/mol. The summed E-state index contributed by atoms with van der Waals surface area (Å²) >= 11 is 5.49. The van der Waals surface area contributed by atoms with Crippen LogP contribution in [-0.2, 0) is 10.1 Å². The first-order valence-electron chi connectivity index (χ1n) is 3.74. The third-order valence-corrected chi connectivity index (χ3v) is 8.45. The van der Waals surface area contributed by atoms with E-state index in [-0.39, 0.29) is 10.1 Å².